The molecular formula is C8H19O3P. The van der Waals surface area contributed by atoms with E-state index >= 15 is 0 Å². The van der Waals surface area contributed by atoms with E-state index in [0.29, 0.717) is 6.42 Å². The van der Waals surface area contributed by atoms with Crippen molar-refractivity contribution in [3.05, 3.63) is 12.7 Å². The molecule has 0 amide bonds. The second-order valence-electron chi connectivity index (χ2n) is 3.24. The van der Waals surface area contributed by atoms with Gasteiger partial charge in [0, 0.05) is 0 Å². The molecule has 0 aliphatic carbocycles. The van der Waals surface area contributed by atoms with E-state index in [1.807, 2.05) is 6.92 Å². The van der Waals surface area contributed by atoms with Crippen molar-refractivity contribution < 1.29 is 14.7 Å². The van der Waals surface area contributed by atoms with Gasteiger partial charge in [-0.3, -0.25) is 0 Å². The van der Waals surface area contributed by atoms with Crippen molar-refractivity contribution in [1.82, 2.24) is 0 Å². The Balaban J connectivity index is 3.90. The fourth-order valence-corrected chi connectivity index (χ4v) is 2.62. The number of hydrogen-bond donors (Lipinski definition) is 3. The zero-order chi connectivity index (χ0) is 9.69. The third kappa shape index (κ3) is 5.67. The Hall–Kier alpha value is 0.0500. The van der Waals surface area contributed by atoms with Gasteiger partial charge in [0.05, 0.1) is 0 Å². The Morgan fingerprint density at radius 3 is 2.25 bits per heavy atom. The number of hydrogen-bond acceptors (Lipinski definition) is 3. The second kappa shape index (κ2) is 4.33. The molecule has 74 valence electrons. The van der Waals surface area contributed by atoms with Gasteiger partial charge in [0.25, 0.3) is 0 Å². The summed E-state index contributed by atoms with van der Waals surface area (Å²) in [5, 5.41) is 0. The zero-order valence-corrected chi connectivity index (χ0v) is 8.50. The predicted octanol–water partition coefficient (Wildman–Crippen LogP) is 1.64. The van der Waals surface area contributed by atoms with E-state index in [0.717, 1.165) is 12.8 Å². The number of allylic oxidation sites excluding steroid dienone is 1. The first-order chi connectivity index (χ1) is 5.39. The first-order valence-electron chi connectivity index (χ1n) is 4.26. The van der Waals surface area contributed by atoms with Crippen LogP contribution < -0.4 is 0 Å². The number of unbranched alkanes of at least 4 members (excludes halogenated alkanes) is 2. The third-order valence-electron chi connectivity index (χ3n) is 1.72. The van der Waals surface area contributed by atoms with Crippen LogP contribution in [0, 0.1) is 0 Å². The Labute approximate surface area is 73.9 Å². The molecule has 3 N–H and O–H groups in total. The summed E-state index contributed by atoms with van der Waals surface area (Å²) in [5.41, 5.74) is 0. The van der Waals surface area contributed by atoms with Crippen molar-refractivity contribution in [1.29, 1.82) is 0 Å². The molecule has 0 bridgehead atoms. The molecule has 0 unspecified atom stereocenters. The maximum atomic E-state index is 9.38. The van der Waals surface area contributed by atoms with E-state index in [-0.39, 0.29) is 12.3 Å². The minimum atomic E-state index is -4.32. The molecule has 0 aliphatic heterocycles. The van der Waals surface area contributed by atoms with Crippen LogP contribution in [0.3, 0.4) is 0 Å². The Kier molecular flexibility index (Phi) is 4.35. The molecule has 0 atom stereocenters. The monoisotopic (exact) mass is 194 g/mol. The normalized spacial score (nSPS) is 15.2. The first kappa shape index (κ1) is 12.0. The Morgan fingerprint density at radius 1 is 1.25 bits per heavy atom. The van der Waals surface area contributed by atoms with Gasteiger partial charge in [-0.1, -0.05) is 0 Å². The maximum absolute atomic E-state index is 9.38. The van der Waals surface area contributed by atoms with Gasteiger partial charge in [-0.25, -0.2) is 0 Å². The molecule has 0 spiro atoms. The summed E-state index contributed by atoms with van der Waals surface area (Å²) < 4.78 is 0. The second-order valence-corrected chi connectivity index (χ2v) is 6.74. The van der Waals surface area contributed by atoms with Gasteiger partial charge >= 0.3 is 73.1 Å². The molecule has 0 rings (SSSR count). The van der Waals surface area contributed by atoms with Crippen LogP contribution in [0.15, 0.2) is 12.7 Å². The van der Waals surface area contributed by atoms with Crippen LogP contribution in [0.25, 0.3) is 0 Å². The fraction of sp³-hybridized carbons (Fsp3) is 0.750. The van der Waals surface area contributed by atoms with Crippen LogP contribution in [0.4, 0.5) is 0 Å². The van der Waals surface area contributed by atoms with Gasteiger partial charge in [0.1, 0.15) is 0 Å². The Bertz CT molecular complexity index is 148. The van der Waals surface area contributed by atoms with Gasteiger partial charge in [0.2, 0.25) is 0 Å². The fourth-order valence-electron chi connectivity index (χ4n) is 1.04. The zero-order valence-electron chi connectivity index (χ0n) is 7.61. The van der Waals surface area contributed by atoms with Gasteiger partial charge in [0.15, 0.2) is 0 Å². The van der Waals surface area contributed by atoms with Crippen molar-refractivity contribution in [3.8, 4) is 0 Å². The van der Waals surface area contributed by atoms with Crippen molar-refractivity contribution in [2.45, 2.75) is 26.2 Å². The van der Waals surface area contributed by atoms with Crippen LogP contribution in [-0.2, 0) is 0 Å². The molecule has 12 heavy (non-hydrogen) atoms. The average Bonchev–Trinajstić information content (AvgIpc) is 1.86. The summed E-state index contributed by atoms with van der Waals surface area (Å²) >= 11 is 0. The van der Waals surface area contributed by atoms with E-state index in [9.17, 15) is 14.7 Å². The topological polar surface area (TPSA) is 60.7 Å². The van der Waals surface area contributed by atoms with Crippen LogP contribution in [-0.4, -0.2) is 27.0 Å². The van der Waals surface area contributed by atoms with Crippen LogP contribution in [0.5, 0.6) is 0 Å². The molecular weight excluding hydrogens is 175 g/mol. The molecule has 0 aliphatic rings. The average molecular weight is 194 g/mol. The van der Waals surface area contributed by atoms with Crippen LogP contribution in [0.2, 0.25) is 0 Å². The van der Waals surface area contributed by atoms with E-state index in [1.165, 1.54) is 6.08 Å². The summed E-state index contributed by atoms with van der Waals surface area (Å²) in [5.74, 6) is 0. The SMILES string of the molecule is C=CCP(O)(O)(O)CCCCC. The van der Waals surface area contributed by atoms with Crippen molar-refractivity contribution in [3.63, 3.8) is 0 Å². The van der Waals surface area contributed by atoms with Gasteiger partial charge < -0.3 is 0 Å². The molecule has 0 heterocycles. The van der Waals surface area contributed by atoms with Gasteiger partial charge in [-0.2, -0.15) is 0 Å². The quantitative estimate of drug-likeness (QED) is 0.342. The molecule has 0 fully saturated rings. The van der Waals surface area contributed by atoms with E-state index < -0.39 is 7.28 Å². The van der Waals surface area contributed by atoms with Crippen molar-refractivity contribution in [2.75, 3.05) is 12.3 Å². The molecule has 0 aromatic carbocycles. The summed E-state index contributed by atoms with van der Waals surface area (Å²) in [6.07, 6.45) is 3.94. The van der Waals surface area contributed by atoms with Gasteiger partial charge in [-0.05, 0) is 0 Å². The summed E-state index contributed by atoms with van der Waals surface area (Å²) in [7, 11) is -4.32. The molecule has 0 radical (unpaired) electrons. The van der Waals surface area contributed by atoms with E-state index in [4.69, 9.17) is 0 Å². The Morgan fingerprint density at radius 2 is 1.83 bits per heavy atom. The molecule has 3 nitrogen and oxygen atoms in total. The summed E-state index contributed by atoms with van der Waals surface area (Å²) in [6, 6.07) is 0. The molecule has 0 saturated carbocycles. The van der Waals surface area contributed by atoms with E-state index in [1.54, 1.807) is 0 Å². The minimum absolute atomic E-state index is 0.0880. The third-order valence-corrected chi connectivity index (χ3v) is 3.96. The summed E-state index contributed by atoms with van der Waals surface area (Å²) in [6.45, 7) is 5.39. The van der Waals surface area contributed by atoms with Crippen LogP contribution >= 0.6 is 7.28 Å². The standard InChI is InChI=1S/C8H19O3P/c1-3-5-6-8-12(9,10,11)7-4-2/h4,9-11H,2-3,5-8H2,1H3. The first-order valence-corrected chi connectivity index (χ1v) is 6.72. The molecule has 0 saturated heterocycles. The molecule has 0 aromatic heterocycles. The predicted molar refractivity (Wildman–Crippen MR) is 53.0 cm³/mol. The molecule has 4 heteroatoms. The van der Waals surface area contributed by atoms with Crippen molar-refractivity contribution in [2.24, 2.45) is 0 Å². The van der Waals surface area contributed by atoms with E-state index in [2.05, 4.69) is 6.58 Å². The number of rotatable bonds is 6. The molecule has 0 aromatic rings. The summed E-state index contributed by atoms with van der Waals surface area (Å²) in [4.78, 5) is 28.1. The van der Waals surface area contributed by atoms with Gasteiger partial charge in [-0.15, -0.1) is 0 Å². The van der Waals surface area contributed by atoms with Crippen LogP contribution in [0.1, 0.15) is 26.2 Å². The van der Waals surface area contributed by atoms with Crippen molar-refractivity contribution >= 4 is 7.28 Å².